The van der Waals surface area contributed by atoms with E-state index in [0.29, 0.717) is 34.4 Å². The average molecular weight is 398 g/mol. The molecule has 144 valence electrons. The highest BCUT2D eigenvalue weighted by Gasteiger charge is 2.17. The number of amides is 1. The first-order valence-electron chi connectivity index (χ1n) is 8.73. The number of fused-ring (bicyclic) bond motifs is 2. The Morgan fingerprint density at radius 2 is 1.82 bits per heavy atom. The molecule has 0 unspecified atom stereocenters. The summed E-state index contributed by atoms with van der Waals surface area (Å²) in [7, 11) is -3.36. The molecule has 0 aliphatic carbocycles. The lowest BCUT2D eigenvalue weighted by Crippen LogP contribution is -2.21. The van der Waals surface area contributed by atoms with Crippen LogP contribution in [0.2, 0.25) is 0 Å². The summed E-state index contributed by atoms with van der Waals surface area (Å²) in [5, 5.41) is 3.25. The lowest BCUT2D eigenvalue weighted by molar-refractivity contribution is 0.102. The van der Waals surface area contributed by atoms with E-state index in [0.717, 1.165) is 24.9 Å². The van der Waals surface area contributed by atoms with Gasteiger partial charge in [-0.2, -0.15) is 0 Å². The van der Waals surface area contributed by atoms with Gasteiger partial charge in [0.2, 0.25) is 10.0 Å². The molecule has 9 heteroatoms. The van der Waals surface area contributed by atoms with E-state index in [1.54, 1.807) is 47.0 Å². The highest BCUT2D eigenvalue weighted by molar-refractivity contribution is 7.92. The zero-order valence-corrected chi connectivity index (χ0v) is 15.9. The molecule has 2 N–H and O–H groups in total. The van der Waals surface area contributed by atoms with Gasteiger partial charge in [-0.3, -0.25) is 18.9 Å². The third kappa shape index (κ3) is 3.61. The third-order valence-electron chi connectivity index (χ3n) is 4.52. The highest BCUT2D eigenvalue weighted by atomic mass is 32.2. The zero-order valence-electron chi connectivity index (χ0n) is 15.1. The van der Waals surface area contributed by atoms with Crippen LogP contribution in [0.1, 0.15) is 22.6 Å². The Bertz CT molecular complexity index is 1250. The monoisotopic (exact) mass is 398 g/mol. The van der Waals surface area contributed by atoms with E-state index in [2.05, 4.69) is 15.0 Å². The summed E-state index contributed by atoms with van der Waals surface area (Å²) in [4.78, 5) is 29.6. The normalized spacial score (nSPS) is 13.3. The minimum Gasteiger partial charge on any atom is -0.322 e. The second-order valence-corrected chi connectivity index (χ2v) is 8.47. The van der Waals surface area contributed by atoms with Gasteiger partial charge in [0.05, 0.1) is 17.2 Å². The van der Waals surface area contributed by atoms with Crippen LogP contribution in [-0.4, -0.2) is 30.1 Å². The molecule has 0 spiro atoms. The van der Waals surface area contributed by atoms with Gasteiger partial charge in [0.15, 0.2) is 0 Å². The number of rotatable bonds is 4. The zero-order chi connectivity index (χ0) is 19.9. The summed E-state index contributed by atoms with van der Waals surface area (Å²) >= 11 is 0. The van der Waals surface area contributed by atoms with Gasteiger partial charge in [0.1, 0.15) is 5.82 Å². The fourth-order valence-electron chi connectivity index (χ4n) is 3.26. The first kappa shape index (κ1) is 18.2. The van der Waals surface area contributed by atoms with Crippen molar-refractivity contribution in [2.45, 2.75) is 19.4 Å². The molecule has 4 rings (SSSR count). The molecule has 1 amide bonds. The first-order chi connectivity index (χ1) is 13.3. The molecule has 1 aliphatic rings. The fraction of sp³-hybridized carbons (Fsp3) is 0.211. The topological polar surface area (TPSA) is 110 Å². The van der Waals surface area contributed by atoms with Crippen LogP contribution in [-0.2, 0) is 23.0 Å². The Balaban J connectivity index is 1.57. The van der Waals surface area contributed by atoms with Crippen molar-refractivity contribution in [3.8, 4) is 0 Å². The van der Waals surface area contributed by atoms with Crippen LogP contribution in [0.25, 0.3) is 10.9 Å². The van der Waals surface area contributed by atoms with Crippen molar-refractivity contribution in [2.75, 3.05) is 16.3 Å². The molecule has 0 saturated carbocycles. The SMILES string of the molecule is CS(=O)(=O)Nc1ccc(NC(=O)c2ccc3c(=O)n4c(nc3c2)CCC4)cc1. The van der Waals surface area contributed by atoms with Crippen LogP contribution in [0.15, 0.2) is 47.3 Å². The Morgan fingerprint density at radius 1 is 1.11 bits per heavy atom. The van der Waals surface area contributed by atoms with Crippen molar-refractivity contribution in [1.29, 1.82) is 0 Å². The van der Waals surface area contributed by atoms with Gasteiger partial charge >= 0.3 is 0 Å². The summed E-state index contributed by atoms with van der Waals surface area (Å²) in [5.74, 6) is 0.414. The van der Waals surface area contributed by atoms with E-state index >= 15 is 0 Å². The Labute approximate surface area is 161 Å². The standard InChI is InChI=1S/C19H18N4O4S/c1-28(26,27)22-14-7-5-13(6-8-14)20-18(24)12-4-9-15-16(11-12)21-17-3-2-10-23(17)19(15)25/h4-9,11,22H,2-3,10H2,1H3,(H,20,24). The lowest BCUT2D eigenvalue weighted by atomic mass is 10.1. The molecule has 1 aromatic heterocycles. The van der Waals surface area contributed by atoms with E-state index in [-0.39, 0.29) is 11.5 Å². The maximum atomic E-state index is 12.6. The van der Waals surface area contributed by atoms with Crippen molar-refractivity contribution in [2.24, 2.45) is 0 Å². The number of nitrogens with zero attached hydrogens (tertiary/aromatic N) is 2. The van der Waals surface area contributed by atoms with Gasteiger partial charge in [-0.15, -0.1) is 0 Å². The van der Waals surface area contributed by atoms with Gasteiger partial charge in [-0.25, -0.2) is 13.4 Å². The van der Waals surface area contributed by atoms with E-state index in [4.69, 9.17) is 0 Å². The summed E-state index contributed by atoms with van der Waals surface area (Å²) in [6.45, 7) is 0.684. The maximum Gasteiger partial charge on any atom is 0.261 e. The molecular weight excluding hydrogens is 380 g/mol. The second-order valence-electron chi connectivity index (χ2n) is 6.73. The summed E-state index contributed by atoms with van der Waals surface area (Å²) in [6.07, 6.45) is 2.73. The van der Waals surface area contributed by atoms with Crippen molar-refractivity contribution in [3.63, 3.8) is 0 Å². The molecular formula is C19H18N4O4S. The van der Waals surface area contributed by atoms with Crippen LogP contribution < -0.4 is 15.6 Å². The van der Waals surface area contributed by atoms with Gasteiger partial charge < -0.3 is 5.32 Å². The molecule has 8 nitrogen and oxygen atoms in total. The lowest BCUT2D eigenvalue weighted by Gasteiger charge is -2.09. The summed E-state index contributed by atoms with van der Waals surface area (Å²) in [6, 6.07) is 11.2. The van der Waals surface area contributed by atoms with Crippen LogP contribution in [0, 0.1) is 0 Å². The van der Waals surface area contributed by atoms with Crippen LogP contribution >= 0.6 is 0 Å². The number of sulfonamides is 1. The molecule has 0 atom stereocenters. The van der Waals surface area contributed by atoms with E-state index in [9.17, 15) is 18.0 Å². The Kier molecular flexibility index (Phi) is 4.38. The second kappa shape index (κ2) is 6.75. The smallest absolute Gasteiger partial charge is 0.261 e. The van der Waals surface area contributed by atoms with Crippen molar-refractivity contribution in [1.82, 2.24) is 9.55 Å². The number of carbonyl (C=O) groups is 1. The highest BCUT2D eigenvalue weighted by Crippen LogP contribution is 2.18. The molecule has 2 heterocycles. The van der Waals surface area contributed by atoms with E-state index < -0.39 is 10.0 Å². The number of benzene rings is 2. The van der Waals surface area contributed by atoms with Gasteiger partial charge in [-0.1, -0.05) is 0 Å². The number of carbonyl (C=O) groups excluding carboxylic acids is 1. The van der Waals surface area contributed by atoms with Crippen molar-refractivity contribution in [3.05, 3.63) is 64.2 Å². The van der Waals surface area contributed by atoms with E-state index in [1.807, 2.05) is 0 Å². The summed E-state index contributed by atoms with van der Waals surface area (Å²) in [5.41, 5.74) is 1.76. The first-order valence-corrected chi connectivity index (χ1v) is 10.6. The maximum absolute atomic E-state index is 12.6. The fourth-order valence-corrected chi connectivity index (χ4v) is 3.83. The van der Waals surface area contributed by atoms with E-state index in [1.165, 1.54) is 0 Å². The number of nitrogens with one attached hydrogen (secondary N) is 2. The molecule has 0 saturated heterocycles. The Morgan fingerprint density at radius 3 is 2.54 bits per heavy atom. The molecule has 0 bridgehead atoms. The number of aryl methyl sites for hydroxylation is 1. The minimum absolute atomic E-state index is 0.0709. The third-order valence-corrected chi connectivity index (χ3v) is 5.13. The van der Waals surface area contributed by atoms with Gasteiger partial charge in [0, 0.05) is 29.9 Å². The van der Waals surface area contributed by atoms with Gasteiger partial charge in [-0.05, 0) is 48.9 Å². The van der Waals surface area contributed by atoms with Crippen molar-refractivity contribution >= 4 is 38.2 Å². The Hall–Kier alpha value is -3.20. The molecule has 3 aromatic rings. The predicted octanol–water partition coefficient (Wildman–Crippen LogP) is 1.97. The number of hydrogen-bond donors (Lipinski definition) is 2. The van der Waals surface area contributed by atoms with Crippen LogP contribution in [0.5, 0.6) is 0 Å². The number of hydrogen-bond acceptors (Lipinski definition) is 5. The largest absolute Gasteiger partial charge is 0.322 e. The summed E-state index contributed by atoms with van der Waals surface area (Å²) < 4.78 is 26.5. The average Bonchev–Trinajstić information content (AvgIpc) is 3.10. The number of anilines is 2. The van der Waals surface area contributed by atoms with Crippen molar-refractivity contribution < 1.29 is 13.2 Å². The molecule has 0 radical (unpaired) electrons. The predicted molar refractivity (Wildman–Crippen MR) is 107 cm³/mol. The molecule has 2 aromatic carbocycles. The molecule has 1 aliphatic heterocycles. The van der Waals surface area contributed by atoms with Crippen LogP contribution in [0.3, 0.4) is 0 Å². The molecule has 28 heavy (non-hydrogen) atoms. The molecule has 0 fully saturated rings. The van der Waals surface area contributed by atoms with Crippen LogP contribution in [0.4, 0.5) is 11.4 Å². The van der Waals surface area contributed by atoms with Gasteiger partial charge in [0.25, 0.3) is 11.5 Å². The number of aromatic nitrogens is 2. The minimum atomic E-state index is -3.36. The quantitative estimate of drug-likeness (QED) is 0.698.